The number of hydrogen-bond acceptors (Lipinski definition) is 18. The SMILES string of the molecule is CC.CC.CC.CC.CC.CC.CC.ClCCl.Cn1c(=O)oc2cc(S(=O)(=O)Cl)ccc21.Cn1c(=O)oc2cc(S(=O)(=O)Nc3ccccc3)ccc21.Cn1c(=O)oc2ccccc21.Nc1ccccc1.Nc1ccccc1O.O=C(Cl)Cl.O=S(=O)(O)Cl.O=c1[nH]c2ccccc2o1.[2H]CF. The average molecular weight is 1580 g/mol. The van der Waals surface area contributed by atoms with Crippen LogP contribution in [0.5, 0.6) is 5.75 Å². The molecule has 100 heavy (non-hydrogen) atoms. The highest BCUT2D eigenvalue weighted by Gasteiger charge is 2.17. The van der Waals surface area contributed by atoms with Gasteiger partial charge in [0.15, 0.2) is 22.3 Å². The Morgan fingerprint density at radius 1 is 0.520 bits per heavy atom. The van der Waals surface area contributed by atoms with Gasteiger partial charge in [-0.25, -0.2) is 36.0 Å². The second-order valence-electron chi connectivity index (χ2n) is 15.6. The van der Waals surface area contributed by atoms with Crippen molar-refractivity contribution in [2.45, 2.75) is 107 Å². The first-order valence-corrected chi connectivity index (χ1v) is 37.8. The monoisotopic (exact) mass is 1580 g/mol. The van der Waals surface area contributed by atoms with Crippen molar-refractivity contribution in [3.05, 3.63) is 212 Å². The van der Waals surface area contributed by atoms with Gasteiger partial charge in [0.05, 0.1) is 51.4 Å². The average Bonchev–Trinajstić information content (AvgIpc) is 1.70. The van der Waals surface area contributed by atoms with Crippen molar-refractivity contribution in [3.8, 4) is 5.75 Å². The Labute approximate surface area is 614 Å². The molecule has 0 spiro atoms. The van der Waals surface area contributed by atoms with E-state index in [-0.39, 0.29) is 37.8 Å². The molecule has 7 aromatic carbocycles. The minimum atomic E-state index is -4.19. The van der Waals surface area contributed by atoms with Gasteiger partial charge in [0, 0.05) is 66.0 Å². The zero-order chi connectivity index (χ0) is 79.7. The number of aryl methyl sites for hydroxylation is 3. The summed E-state index contributed by atoms with van der Waals surface area (Å²) in [4.78, 5) is 55.5. The summed E-state index contributed by atoms with van der Waals surface area (Å²) >= 11 is 18.3. The van der Waals surface area contributed by atoms with E-state index in [2.05, 4.69) is 43.6 Å². The van der Waals surface area contributed by atoms with E-state index in [0.717, 1.165) is 16.7 Å². The van der Waals surface area contributed by atoms with Crippen molar-refractivity contribution in [3.63, 3.8) is 0 Å². The van der Waals surface area contributed by atoms with Crippen molar-refractivity contribution in [1.29, 1.82) is 0 Å². The van der Waals surface area contributed by atoms with Crippen LogP contribution >= 0.6 is 67.8 Å². The minimum absolute atomic E-state index is 0.0354. The second kappa shape index (κ2) is 59.8. The van der Waals surface area contributed by atoms with Gasteiger partial charge in [-0.2, -0.15) is 8.42 Å². The lowest BCUT2D eigenvalue weighted by atomic mass is 10.3. The number of alkyl halides is 3. The van der Waals surface area contributed by atoms with Gasteiger partial charge >= 0.3 is 37.1 Å². The molecular weight excluding hydrogens is 1490 g/mol. The second-order valence-corrected chi connectivity index (χ2v) is 23.6. The number of halogens is 7. The van der Waals surface area contributed by atoms with Crippen LogP contribution < -0.4 is 39.2 Å². The smallest absolute Gasteiger partial charge is 0.419 e. The molecule has 0 fully saturated rings. The third-order valence-electron chi connectivity index (χ3n) is 9.91. The van der Waals surface area contributed by atoms with Gasteiger partial charge in [0.2, 0.25) is 0 Å². The van der Waals surface area contributed by atoms with E-state index in [1.165, 1.54) is 51.1 Å². The van der Waals surface area contributed by atoms with Crippen LogP contribution in [0.25, 0.3) is 44.4 Å². The van der Waals surface area contributed by atoms with Crippen molar-refractivity contribution in [2.75, 3.05) is 28.7 Å². The number of nitrogens with two attached hydrogens (primary N) is 2. The Hall–Kier alpha value is -8.03. The fraction of sp³-hybridized carbons (Fsp3) is 0.288. The summed E-state index contributed by atoms with van der Waals surface area (Å²) in [6.07, 6.45) is 0. The quantitative estimate of drug-likeness (QED) is 0.0313. The summed E-state index contributed by atoms with van der Waals surface area (Å²) in [5.41, 5.74) is 16.6. The van der Waals surface area contributed by atoms with Gasteiger partial charge in [-0.05, 0) is 108 Å². The van der Waals surface area contributed by atoms with Crippen LogP contribution in [0.3, 0.4) is 0 Å². The highest BCUT2D eigenvalue weighted by atomic mass is 35.7. The lowest BCUT2D eigenvalue weighted by Gasteiger charge is -2.07. The summed E-state index contributed by atoms with van der Waals surface area (Å²) in [7, 11) is 1.27. The number of benzene rings is 7. The highest BCUT2D eigenvalue weighted by molar-refractivity contribution is 8.13. The molecule has 8 N–H and O–H groups in total. The van der Waals surface area contributed by atoms with Gasteiger partial charge in [0.1, 0.15) is 5.75 Å². The van der Waals surface area contributed by atoms with Crippen molar-refractivity contribution < 1.29 is 63.1 Å². The summed E-state index contributed by atoms with van der Waals surface area (Å²) in [5, 5.41) is 8.99. The number of carbonyl (C=O) groups is 1. The summed E-state index contributed by atoms with van der Waals surface area (Å²) < 4.78 is 112. The number of anilines is 3. The lowest BCUT2D eigenvalue weighted by molar-refractivity contribution is 0.275. The lowest BCUT2D eigenvalue weighted by Crippen LogP contribution is -2.12. The Bertz CT molecular complexity index is 4490. The molecular formula is C66H92Cl6FN7O17S3. The summed E-state index contributed by atoms with van der Waals surface area (Å²) in [6, 6.07) is 47.6. The third kappa shape index (κ3) is 43.5. The van der Waals surface area contributed by atoms with E-state index in [1.807, 2.05) is 158 Å². The molecule has 0 amide bonds. The zero-order valence-corrected chi connectivity index (χ0v) is 65.5. The number of H-pyrrole nitrogens is 1. The number of aromatic hydroxyl groups is 1. The van der Waals surface area contributed by atoms with Crippen LogP contribution in [0.2, 0.25) is 0 Å². The molecule has 11 aromatic rings. The number of oxazole rings is 4. The molecule has 0 saturated carbocycles. The maximum atomic E-state index is 12.3. The highest BCUT2D eigenvalue weighted by Crippen LogP contribution is 2.22. The van der Waals surface area contributed by atoms with E-state index < -0.39 is 57.5 Å². The van der Waals surface area contributed by atoms with Crippen molar-refractivity contribution in [2.24, 2.45) is 21.1 Å². The van der Waals surface area contributed by atoms with Crippen LogP contribution in [0.15, 0.2) is 216 Å². The van der Waals surface area contributed by atoms with E-state index in [0.29, 0.717) is 33.6 Å². The Morgan fingerprint density at radius 3 is 1.19 bits per heavy atom. The van der Waals surface area contributed by atoms with Gasteiger partial charge in [-0.15, -0.1) is 23.2 Å². The molecule has 0 aliphatic heterocycles. The van der Waals surface area contributed by atoms with Gasteiger partial charge < -0.3 is 34.2 Å². The van der Waals surface area contributed by atoms with E-state index in [4.69, 9.17) is 87.3 Å². The number of phenols is 1. The molecule has 11 rings (SSSR count). The molecule has 0 saturated heterocycles. The predicted molar refractivity (Wildman–Crippen MR) is 412 cm³/mol. The van der Waals surface area contributed by atoms with Crippen LogP contribution in [0.1, 0.15) is 98.3 Å². The number of fused-ring (bicyclic) bond motifs is 4. The van der Waals surface area contributed by atoms with E-state index >= 15 is 0 Å². The van der Waals surface area contributed by atoms with Gasteiger partial charge in [-0.1, -0.05) is 170 Å². The number of carbonyl (C=O) groups excluding carboxylic acids is 1. The molecule has 0 unspecified atom stereocenters. The Balaban J connectivity index is -0.000000255. The fourth-order valence-corrected chi connectivity index (χ4v) is 8.02. The topological polar surface area (TPSA) is 375 Å². The maximum Gasteiger partial charge on any atom is 0.419 e. The van der Waals surface area contributed by atoms with Crippen LogP contribution in [-0.4, -0.2) is 70.8 Å². The zero-order valence-electron chi connectivity index (χ0n) is 59.5. The van der Waals surface area contributed by atoms with Crippen LogP contribution in [0.4, 0.5) is 26.2 Å². The maximum absolute atomic E-state index is 12.3. The number of aromatic amines is 1. The molecule has 0 atom stereocenters. The number of rotatable bonds is 4. The number of sulfonamides is 1. The number of aromatic nitrogens is 4. The number of nitrogen functional groups attached to an aromatic ring is 2. The van der Waals surface area contributed by atoms with Crippen molar-refractivity contribution in [1.82, 2.24) is 18.7 Å². The molecule has 34 heteroatoms. The molecule has 4 heterocycles. The van der Waals surface area contributed by atoms with Crippen LogP contribution in [-0.2, 0) is 49.5 Å². The number of nitrogens with one attached hydrogen (secondary N) is 2. The fourth-order valence-electron chi connectivity index (χ4n) is 6.18. The molecule has 0 radical (unpaired) electrons. The van der Waals surface area contributed by atoms with Crippen molar-refractivity contribution >= 4 is 162 Å². The summed E-state index contributed by atoms with van der Waals surface area (Å²) in [6.45, 7) is 28.0. The van der Waals surface area contributed by atoms with Gasteiger partial charge in [0.25, 0.3) is 19.1 Å². The Morgan fingerprint density at radius 2 is 0.840 bits per heavy atom. The predicted octanol–water partition coefficient (Wildman–Crippen LogP) is 18.3. The molecule has 4 aromatic heterocycles. The third-order valence-corrected chi connectivity index (χ3v) is 12.6. The molecule has 24 nitrogen and oxygen atoms in total. The standard InChI is InChI=1S/C14H12N2O4S.C8H6ClNO4S.C8H7NO2.C7H5NO2.C6H7NO.C6H7N.7C2H6.CCl2O.CH2Cl2.CH3F.ClHO3S/c1-16-12-8-7-11(9-13(12)20-14(16)17)21(18,19)15-10-5-3-2-4-6-10;1-10-6-3-2-5(15(9,12)13)4-7(6)14-8(10)11;1-9-6-4-2-3-5-7(6)11-8(9)10;9-7-8-5-3-1-2-4-6(5)10-7;7-5-3-1-2-4-6(5)8;7-6-4-2-1-3-5-6;7*1-2;2-1(3)4;2-1-3;1-2;1-5(2,3)4/h2-9,15H,1H3;2-4H,1H3;2-5H,1H3;1-4H,(H,8,9);1-4,8H,7H2;1-5H,7H2;7*1-2H3;;1H2;1H3;(H,2,3,4)/i;;;;;;;;;;;;;;;1D;. The van der Waals surface area contributed by atoms with E-state index in [9.17, 15) is 40.4 Å². The van der Waals surface area contributed by atoms with Gasteiger partial charge in [-0.3, -0.25) is 37.1 Å². The number of phenolic OH excluding ortho intramolecular Hbond substituents is 1. The van der Waals surface area contributed by atoms with Crippen LogP contribution in [0, 0.1) is 0 Å². The molecule has 560 valence electrons. The first kappa shape index (κ1) is 101. The first-order chi connectivity index (χ1) is 47.8. The minimum Gasteiger partial charge on any atom is -0.506 e. The molecule has 0 aliphatic carbocycles. The number of nitrogens with zero attached hydrogens (tertiary/aromatic N) is 3. The number of para-hydroxylation sites is 8. The molecule has 0 bridgehead atoms. The number of hydrogen-bond donors (Lipinski definition) is 6. The normalized spacial score (nSPS) is 9.43. The summed E-state index contributed by atoms with van der Waals surface area (Å²) in [5.74, 6) is -1.65. The largest absolute Gasteiger partial charge is 0.506 e. The Kier molecular flexibility index (Phi) is 60.2. The molecule has 0 aliphatic rings. The van der Waals surface area contributed by atoms with E-state index in [1.54, 1.807) is 93.0 Å². The first-order valence-electron chi connectivity index (χ1n) is 30.7.